The Balaban J connectivity index is 0.000000321. The Bertz CT molecular complexity index is 1020. The topological polar surface area (TPSA) is 127 Å². The molecule has 1 aromatic carbocycles. The number of hydrogen-bond acceptors (Lipinski definition) is 5. The third kappa shape index (κ3) is 8.86. The van der Waals surface area contributed by atoms with E-state index in [1.165, 1.54) is 30.5 Å². The smallest absolute Gasteiger partial charge is 0.418 e. The van der Waals surface area contributed by atoms with Gasteiger partial charge in [0.2, 0.25) is 5.91 Å². The number of anilines is 2. The quantitative estimate of drug-likeness (QED) is 0.472. The molecule has 1 aliphatic carbocycles. The monoisotopic (exact) mass is 483 g/mol. The third-order valence-electron chi connectivity index (χ3n) is 4.32. The zero-order valence-corrected chi connectivity index (χ0v) is 18.2. The van der Waals surface area contributed by atoms with Crippen molar-refractivity contribution in [2.75, 3.05) is 5.32 Å². The number of rotatable bonds is 6. The van der Waals surface area contributed by atoms with E-state index in [9.17, 15) is 22.8 Å². The zero-order chi connectivity index (χ0) is 24.6. The highest BCUT2D eigenvalue weighted by atomic mass is 35.5. The number of pyridine rings is 1. The molecule has 0 radical (unpaired) electrons. The standard InChI is InChI=1S/C14H11ClF3N3O2.C7H10N2O/c15-8-1-4-12(11(5-8)14(16,17)18)21-10-3-2-9(19-7-10)6-20-13(22)23;1-5(4-8)7(10)9-6-2-3-6/h1-5,7,20-21H,6H2,(H,22,23);5-6H,2-3H2,1H3,(H,9,10). The first-order chi connectivity index (χ1) is 15.5. The lowest BCUT2D eigenvalue weighted by atomic mass is 10.1. The van der Waals surface area contributed by atoms with Gasteiger partial charge in [-0.1, -0.05) is 11.6 Å². The van der Waals surface area contributed by atoms with E-state index in [-0.39, 0.29) is 23.2 Å². The maximum Gasteiger partial charge on any atom is 0.418 e. The Morgan fingerprint density at radius 2 is 2.00 bits per heavy atom. The Hall–Kier alpha value is -3.52. The van der Waals surface area contributed by atoms with Crippen LogP contribution in [0.5, 0.6) is 0 Å². The molecule has 1 unspecified atom stereocenters. The van der Waals surface area contributed by atoms with Crippen LogP contribution in [0.15, 0.2) is 36.5 Å². The molecule has 0 saturated heterocycles. The second kappa shape index (κ2) is 11.4. The van der Waals surface area contributed by atoms with Gasteiger partial charge in [0.15, 0.2) is 0 Å². The average molecular weight is 484 g/mol. The van der Waals surface area contributed by atoms with Crippen LogP contribution in [0.3, 0.4) is 0 Å². The maximum atomic E-state index is 13.0. The van der Waals surface area contributed by atoms with Gasteiger partial charge in [-0.25, -0.2) is 4.79 Å². The van der Waals surface area contributed by atoms with E-state index < -0.39 is 23.8 Å². The Morgan fingerprint density at radius 1 is 1.30 bits per heavy atom. The number of benzene rings is 1. The molecular weight excluding hydrogens is 463 g/mol. The summed E-state index contributed by atoms with van der Waals surface area (Å²) in [5, 5.41) is 24.3. The molecule has 1 atom stereocenters. The van der Waals surface area contributed by atoms with Crippen LogP contribution >= 0.6 is 11.6 Å². The minimum atomic E-state index is -4.55. The normalized spacial score (nSPS) is 13.6. The molecule has 2 aromatic rings. The second-order valence-electron chi connectivity index (χ2n) is 7.14. The van der Waals surface area contributed by atoms with Gasteiger partial charge >= 0.3 is 12.3 Å². The number of alkyl halides is 3. The number of nitriles is 1. The Morgan fingerprint density at radius 3 is 2.52 bits per heavy atom. The molecule has 4 N–H and O–H groups in total. The highest BCUT2D eigenvalue weighted by Gasteiger charge is 2.33. The van der Waals surface area contributed by atoms with Gasteiger partial charge in [0.1, 0.15) is 5.92 Å². The van der Waals surface area contributed by atoms with E-state index in [1.807, 2.05) is 6.07 Å². The van der Waals surface area contributed by atoms with Crippen LogP contribution in [0.2, 0.25) is 5.02 Å². The summed E-state index contributed by atoms with van der Waals surface area (Å²) < 4.78 is 39.0. The summed E-state index contributed by atoms with van der Waals surface area (Å²) >= 11 is 5.61. The number of nitrogens with zero attached hydrogens (tertiary/aromatic N) is 2. The molecule has 3 rings (SSSR count). The van der Waals surface area contributed by atoms with Gasteiger partial charge in [-0.3, -0.25) is 9.78 Å². The summed E-state index contributed by atoms with van der Waals surface area (Å²) in [6.07, 6.45) is -2.28. The van der Waals surface area contributed by atoms with Gasteiger partial charge in [0.05, 0.1) is 41.4 Å². The molecule has 1 aromatic heterocycles. The van der Waals surface area contributed by atoms with E-state index >= 15 is 0 Å². The van der Waals surface area contributed by atoms with Crippen molar-refractivity contribution in [3.8, 4) is 6.07 Å². The highest BCUT2D eigenvalue weighted by Crippen LogP contribution is 2.37. The Labute approximate surface area is 192 Å². The first kappa shape index (κ1) is 25.7. The van der Waals surface area contributed by atoms with Crippen molar-refractivity contribution in [2.45, 2.75) is 38.5 Å². The lowest BCUT2D eigenvalue weighted by molar-refractivity contribution is -0.137. The van der Waals surface area contributed by atoms with Crippen LogP contribution in [-0.4, -0.2) is 28.1 Å². The molecule has 1 saturated carbocycles. The van der Waals surface area contributed by atoms with Crippen molar-refractivity contribution in [3.63, 3.8) is 0 Å². The largest absolute Gasteiger partial charge is 0.465 e. The van der Waals surface area contributed by atoms with Crippen LogP contribution < -0.4 is 16.0 Å². The number of aromatic nitrogens is 1. The SMILES string of the molecule is CC(C#N)C(=O)NC1CC1.O=C(O)NCc1ccc(Nc2ccc(Cl)cc2C(F)(F)F)cn1. The summed E-state index contributed by atoms with van der Waals surface area (Å²) in [4.78, 5) is 25.2. The number of hydrogen-bond donors (Lipinski definition) is 4. The molecule has 0 bridgehead atoms. The van der Waals surface area contributed by atoms with Crippen LogP contribution in [0.25, 0.3) is 0 Å². The number of amides is 2. The molecule has 1 heterocycles. The van der Waals surface area contributed by atoms with Crippen molar-refractivity contribution in [1.29, 1.82) is 5.26 Å². The average Bonchev–Trinajstić information content (AvgIpc) is 3.57. The number of carbonyl (C=O) groups excluding carboxylic acids is 1. The van der Waals surface area contributed by atoms with Crippen LogP contribution in [-0.2, 0) is 17.5 Å². The van der Waals surface area contributed by atoms with E-state index in [0.717, 1.165) is 18.9 Å². The molecule has 0 spiro atoms. The fourth-order valence-electron chi connectivity index (χ4n) is 2.40. The fourth-order valence-corrected chi connectivity index (χ4v) is 2.57. The molecule has 2 amide bonds. The predicted octanol–water partition coefficient (Wildman–Crippen LogP) is 4.69. The summed E-state index contributed by atoms with van der Waals surface area (Å²) in [7, 11) is 0. The minimum Gasteiger partial charge on any atom is -0.465 e. The van der Waals surface area contributed by atoms with Gasteiger partial charge in [-0.2, -0.15) is 18.4 Å². The molecule has 0 aliphatic heterocycles. The third-order valence-corrected chi connectivity index (χ3v) is 4.56. The highest BCUT2D eigenvalue weighted by molar-refractivity contribution is 6.30. The lowest BCUT2D eigenvalue weighted by Gasteiger charge is -2.15. The molecular formula is C21H21ClF3N5O3. The number of nitrogens with one attached hydrogen (secondary N) is 3. The van der Waals surface area contributed by atoms with Crippen LogP contribution in [0.1, 0.15) is 31.0 Å². The molecule has 176 valence electrons. The first-order valence-electron chi connectivity index (χ1n) is 9.75. The second-order valence-corrected chi connectivity index (χ2v) is 7.58. The fraction of sp³-hybridized carbons (Fsp3) is 0.333. The van der Waals surface area contributed by atoms with E-state index in [1.54, 1.807) is 6.92 Å². The molecule has 8 nitrogen and oxygen atoms in total. The predicted molar refractivity (Wildman–Crippen MR) is 115 cm³/mol. The van der Waals surface area contributed by atoms with E-state index in [2.05, 4.69) is 20.9 Å². The zero-order valence-electron chi connectivity index (χ0n) is 17.4. The van der Waals surface area contributed by atoms with Crippen molar-refractivity contribution >= 4 is 35.0 Å². The molecule has 33 heavy (non-hydrogen) atoms. The van der Waals surface area contributed by atoms with Crippen molar-refractivity contribution < 1.29 is 27.9 Å². The van der Waals surface area contributed by atoms with Crippen molar-refractivity contribution in [3.05, 3.63) is 52.8 Å². The molecule has 1 fully saturated rings. The van der Waals surface area contributed by atoms with Gasteiger partial charge in [-0.05, 0) is 50.1 Å². The summed E-state index contributed by atoms with van der Waals surface area (Å²) in [5.41, 5.74) is -0.274. The molecule has 1 aliphatic rings. The lowest BCUT2D eigenvalue weighted by Crippen LogP contribution is -2.30. The summed E-state index contributed by atoms with van der Waals surface area (Å²) in [6.45, 7) is 1.61. The van der Waals surface area contributed by atoms with E-state index in [4.69, 9.17) is 22.0 Å². The number of carbonyl (C=O) groups is 2. The van der Waals surface area contributed by atoms with Crippen molar-refractivity contribution in [1.82, 2.24) is 15.6 Å². The summed E-state index contributed by atoms with van der Waals surface area (Å²) in [5.74, 6) is -0.634. The molecule has 12 heteroatoms. The van der Waals surface area contributed by atoms with Gasteiger partial charge in [0.25, 0.3) is 0 Å². The van der Waals surface area contributed by atoms with Gasteiger partial charge in [-0.15, -0.1) is 0 Å². The number of carboxylic acid groups (broad SMARTS) is 1. The van der Waals surface area contributed by atoms with Crippen molar-refractivity contribution in [2.24, 2.45) is 5.92 Å². The maximum absolute atomic E-state index is 13.0. The van der Waals surface area contributed by atoms with E-state index in [0.29, 0.717) is 17.4 Å². The van der Waals surface area contributed by atoms with Gasteiger partial charge < -0.3 is 21.1 Å². The Kier molecular flexibility index (Phi) is 8.87. The van der Waals surface area contributed by atoms with Crippen LogP contribution in [0, 0.1) is 17.2 Å². The minimum absolute atomic E-state index is 0.00432. The van der Waals surface area contributed by atoms with Gasteiger partial charge in [0, 0.05) is 11.1 Å². The summed E-state index contributed by atoms with van der Waals surface area (Å²) in [6, 6.07) is 8.66. The van der Waals surface area contributed by atoms with Crippen LogP contribution in [0.4, 0.5) is 29.3 Å². The number of halogens is 4. The first-order valence-corrected chi connectivity index (χ1v) is 10.1.